The highest BCUT2D eigenvalue weighted by atomic mass is 16.6. The van der Waals surface area contributed by atoms with Crippen LogP contribution in [0, 0.1) is 0 Å². The maximum Gasteiger partial charge on any atom is 0.333 e. The van der Waals surface area contributed by atoms with Gasteiger partial charge in [-0.2, -0.15) is 0 Å². The van der Waals surface area contributed by atoms with Gasteiger partial charge in [0.1, 0.15) is 42.7 Å². The molecule has 0 unspecified atom stereocenters. The summed E-state index contributed by atoms with van der Waals surface area (Å²) in [6.45, 7) is 22.5. The average molecular weight is 1670 g/mol. The Morgan fingerprint density at radius 3 is 1.28 bits per heavy atom. The van der Waals surface area contributed by atoms with Gasteiger partial charge in [-0.05, 0) is 72.9 Å². The van der Waals surface area contributed by atoms with Crippen LogP contribution in [0.3, 0.4) is 0 Å². The number of aliphatic carboxylic acids is 1. The summed E-state index contributed by atoms with van der Waals surface area (Å²) in [5.74, 6) is -3.75. The number of epoxide rings is 2. The highest BCUT2D eigenvalue weighted by Gasteiger charge is 2.57. The van der Waals surface area contributed by atoms with Crippen LogP contribution < -0.4 is 10.6 Å². The maximum atomic E-state index is 11.7. The van der Waals surface area contributed by atoms with Crippen molar-refractivity contribution in [2.75, 3.05) is 75.7 Å². The van der Waals surface area contributed by atoms with Crippen molar-refractivity contribution in [2.45, 2.75) is 239 Å². The molecule has 0 radical (unpaired) electrons. The Balaban J connectivity index is -0.00000130. The lowest BCUT2D eigenvalue weighted by Crippen LogP contribution is -2.52. The van der Waals surface area contributed by atoms with Crippen molar-refractivity contribution in [2.24, 2.45) is 10.2 Å². The van der Waals surface area contributed by atoms with Gasteiger partial charge in [-0.1, -0.05) is 92.6 Å². The smallest absolute Gasteiger partial charge is 0.333 e. The lowest BCUT2D eigenvalue weighted by atomic mass is 9.88. The third-order valence-electron chi connectivity index (χ3n) is 18.2. The van der Waals surface area contributed by atoms with E-state index in [4.69, 9.17) is 74.1 Å². The maximum absolute atomic E-state index is 11.7. The standard InChI is InChI=1S/C13H18N4O4.C13H17NO4.C11H15N3O4.C11H15NO3.C11H14O4.C8H10O4.C7H10O5.7CH4/c1-4-5-21-11-7-9(13(19)20-3)6-10(16-17-14)12(11)15-8(2)18;1-4-5-18-11-7-9(13(16)17-3)6-10-12(11)14(10)8(2)15;1-3-4-18-9-6-7(11(16)17-2)5-8(10(9)15)13-14-12;1-3-4-15-9-6-7(11(13)14-2)5-8-10(9)12-8;1-3-4-14-8-5-7(11(12)13-2)6-9-10(8)15-9;1-11-8(10)4-2-5(9)7-6(3-4)12-7;8-4-1-3(7(11)12)2-5(9)6(4)10;;;;;;;/h4,7,10-12H,1,5-6H2,2-3H3,(H,15,18);4,7,10-12H,1,5-6H2,2-3H3;3,6,8-10,15H,1,4-5H2,2H3;3,6,8-10,12H,1,4-5H2,2H3;3,5,8-10H,1,4,6H2,2H3;2,5-7,9H,3H2,1H3;1,4-6,8-10H,2H2,(H,11,12);7*1H4/t10-,11+,12+;10-,11-,12-,14?;8-,9-,10+;8-,9-,10-;8-,9+,10-;5-,6+,7-;4-,5-,6-;;;;;;;/m0111111......./s1. The number of rotatable bonds is 25. The minimum absolute atomic E-state index is 0. The van der Waals surface area contributed by atoms with Gasteiger partial charge < -0.3 is 108 Å². The van der Waals surface area contributed by atoms with Gasteiger partial charge in [-0.25, -0.2) is 33.6 Å². The van der Waals surface area contributed by atoms with Crippen molar-refractivity contribution >= 4 is 53.6 Å². The van der Waals surface area contributed by atoms with Gasteiger partial charge >= 0.3 is 41.8 Å². The van der Waals surface area contributed by atoms with E-state index in [-0.39, 0.29) is 181 Å². The first-order valence-electron chi connectivity index (χ1n) is 34.9. The second-order valence-corrected chi connectivity index (χ2v) is 25.8. The Morgan fingerprint density at radius 2 is 0.839 bits per heavy atom. The van der Waals surface area contributed by atoms with Crippen LogP contribution in [0.25, 0.3) is 20.9 Å². The first-order valence-corrected chi connectivity index (χ1v) is 34.9. The van der Waals surface area contributed by atoms with E-state index in [1.165, 1.54) is 74.7 Å². The normalized spacial score (nSPS) is 28.7. The number of esters is 6. The number of nitrogens with zero attached hydrogens (tertiary/aromatic N) is 7. The number of amides is 2. The molecule has 0 aromatic rings. The van der Waals surface area contributed by atoms with Crippen LogP contribution in [0.2, 0.25) is 0 Å². The Kier molecular flexibility index (Phi) is 53.1. The van der Waals surface area contributed by atoms with Crippen molar-refractivity contribution in [3.63, 3.8) is 0 Å². The average Bonchev–Trinajstić information content (AvgIpc) is 1.57. The molecule has 0 bridgehead atoms. The molecule has 11 rings (SSSR count). The molecule has 7 aliphatic carbocycles. The summed E-state index contributed by atoms with van der Waals surface area (Å²) in [6, 6.07) is -1.08. The van der Waals surface area contributed by atoms with Crippen LogP contribution in [0.1, 0.15) is 111 Å². The van der Waals surface area contributed by atoms with Crippen LogP contribution in [0.15, 0.2) is 155 Å². The molecule has 21 atom stereocenters. The Hall–Kier alpha value is -9.79. The van der Waals surface area contributed by atoms with Crippen molar-refractivity contribution in [3.05, 3.63) is 166 Å². The Labute approximate surface area is 691 Å². The van der Waals surface area contributed by atoms with Crippen LogP contribution in [-0.2, 0) is 105 Å². The quantitative estimate of drug-likeness (QED) is 0.00887. The molecule has 664 valence electrons. The van der Waals surface area contributed by atoms with Crippen molar-refractivity contribution in [1.29, 1.82) is 0 Å². The number of ether oxygens (including phenoxy) is 13. The third-order valence-corrected chi connectivity index (χ3v) is 18.2. The monoisotopic (exact) mass is 1670 g/mol. The SMILES string of the molecule is C.C.C.C.C.C.C.C=CCO[C@@H]1C=C(C(=O)OC)C[C@@H](N=[N+]=[N-])[C@@H]1O.C=CCO[C@@H]1C=C(C(=O)OC)C[C@@H]2O[C@@H]21.C=CCO[C@@H]1C=C(C(=O)OC)C[C@@H]2[C@H]1N2C(C)=O.C=CCO[C@@H]1C=C(C(=O)OC)C[C@H](N=[N+]=[N-])[C@H]1NC(C)=O.C=CCO[C@@H]1C=C(C(=O)OC)C[C@H]2N[C@H]21.COC(=O)C1=C[C@@H](O)[C@H]2O[C@H]2C1.O=C(O)C1=C[C@@H](O)[C@@H](O)[C@H](O)C1. The number of carbonyl (C=O) groups is 9. The molecule has 118 heavy (non-hydrogen) atoms. The fourth-order valence-electron chi connectivity index (χ4n) is 12.7. The number of nitrogens with one attached hydrogen (secondary N) is 2. The second-order valence-electron chi connectivity index (χ2n) is 25.8. The minimum atomic E-state index is -1.29. The molecule has 4 fully saturated rings. The number of aliphatic hydroxyl groups excluding tert-OH is 5. The number of carbonyl (C=O) groups excluding carboxylic acids is 8. The number of carboxylic acid groups (broad SMARTS) is 1. The molecule has 8 N–H and O–H groups in total. The minimum Gasteiger partial charge on any atom is -0.478 e. The summed E-state index contributed by atoms with van der Waals surface area (Å²) in [5, 5.41) is 67.9. The highest BCUT2D eigenvalue weighted by molar-refractivity contribution is 5.92. The molecule has 11 aliphatic rings. The number of carboxylic acids is 1. The van der Waals surface area contributed by atoms with E-state index in [0.717, 1.165) is 12.5 Å². The summed E-state index contributed by atoms with van der Waals surface area (Å²) in [7, 11) is 7.99. The molecule has 0 aromatic carbocycles. The summed E-state index contributed by atoms with van der Waals surface area (Å²) >= 11 is 0. The molecule has 37 nitrogen and oxygen atoms in total. The number of hydrogen-bond donors (Lipinski definition) is 8. The Bertz CT molecular complexity index is 3640. The largest absolute Gasteiger partial charge is 0.478 e. The molecule has 0 aromatic heterocycles. The highest BCUT2D eigenvalue weighted by Crippen LogP contribution is 2.43. The second kappa shape index (κ2) is 55.8. The van der Waals surface area contributed by atoms with E-state index in [1.807, 2.05) is 6.08 Å². The van der Waals surface area contributed by atoms with Crippen LogP contribution in [0.5, 0.6) is 0 Å². The molecule has 0 spiro atoms. The Morgan fingerprint density at radius 1 is 0.475 bits per heavy atom. The molecule has 4 aliphatic heterocycles. The summed E-state index contributed by atoms with van der Waals surface area (Å²) < 4.78 is 65.9. The van der Waals surface area contributed by atoms with Gasteiger partial charge in [0.15, 0.2) is 0 Å². The van der Waals surface area contributed by atoms with Gasteiger partial charge in [0.2, 0.25) is 11.8 Å². The van der Waals surface area contributed by atoms with Gasteiger partial charge in [-0.15, -0.1) is 32.9 Å². The van der Waals surface area contributed by atoms with E-state index in [1.54, 1.807) is 47.4 Å². The van der Waals surface area contributed by atoms with Gasteiger partial charge in [0.25, 0.3) is 0 Å². The number of fused-ring (bicyclic) bond motifs is 4. The third kappa shape index (κ3) is 33.2. The topological polar surface area (TPSA) is 536 Å². The van der Waals surface area contributed by atoms with Crippen LogP contribution in [0.4, 0.5) is 0 Å². The fourth-order valence-corrected chi connectivity index (χ4v) is 12.7. The summed E-state index contributed by atoms with van der Waals surface area (Å²) in [6.07, 6.45) is 14.8. The lowest BCUT2D eigenvalue weighted by Gasteiger charge is -2.34. The van der Waals surface area contributed by atoms with Gasteiger partial charge in [0.05, 0.1) is 155 Å². The molecular formula is C81H127N9O28. The predicted molar refractivity (Wildman–Crippen MR) is 437 cm³/mol. The number of methoxy groups -OCH3 is 6. The van der Waals surface area contributed by atoms with Gasteiger partial charge in [0, 0.05) is 94.4 Å². The number of aliphatic hydroxyl groups is 5. The number of azide groups is 2. The predicted octanol–water partition coefficient (Wildman–Crippen LogP) is 6.79. The molecule has 37 heteroatoms. The van der Waals surface area contributed by atoms with Crippen LogP contribution in [-0.4, -0.2) is 293 Å². The van der Waals surface area contributed by atoms with Gasteiger partial charge in [-0.3, -0.25) is 9.59 Å². The zero-order valence-corrected chi connectivity index (χ0v) is 62.9. The van der Waals surface area contributed by atoms with E-state index in [2.05, 4.69) is 82.5 Å². The summed E-state index contributed by atoms with van der Waals surface area (Å²) in [5.41, 5.74) is 20.2. The van der Waals surface area contributed by atoms with E-state index in [0.29, 0.717) is 84.6 Å². The van der Waals surface area contributed by atoms with E-state index >= 15 is 0 Å². The zero-order valence-electron chi connectivity index (χ0n) is 62.9. The van der Waals surface area contributed by atoms with E-state index in [9.17, 15) is 53.4 Å². The van der Waals surface area contributed by atoms with Crippen molar-refractivity contribution in [3.8, 4) is 0 Å². The first-order chi connectivity index (χ1) is 53.0. The first kappa shape index (κ1) is 112. The molecule has 4 saturated heterocycles. The number of hydrogen-bond acceptors (Lipinski definition) is 30. The molecule has 2 amide bonds. The molecule has 0 saturated carbocycles. The van der Waals surface area contributed by atoms with Crippen molar-refractivity contribution < 1.29 is 135 Å². The lowest BCUT2D eigenvalue weighted by molar-refractivity contribution is -0.137. The zero-order chi connectivity index (χ0) is 82.3. The summed E-state index contributed by atoms with van der Waals surface area (Å²) in [4.78, 5) is 109. The van der Waals surface area contributed by atoms with Crippen LogP contribution >= 0.6 is 0 Å². The molecule has 4 heterocycles. The molecular weight excluding hydrogens is 1550 g/mol. The van der Waals surface area contributed by atoms with E-state index < -0.39 is 78.8 Å². The van der Waals surface area contributed by atoms with Crippen molar-refractivity contribution in [1.82, 2.24) is 15.5 Å². The fraction of sp³-hybridized carbons (Fsp3) is 0.593.